The SMILES string of the molecule is CCCc1ncncc1C(=O)N1CCCO[C@@H](CN2CCCC2)C1. The second-order valence-corrected chi connectivity index (χ2v) is 6.74. The lowest BCUT2D eigenvalue weighted by Crippen LogP contribution is -2.42. The van der Waals surface area contributed by atoms with Crippen LogP contribution < -0.4 is 0 Å². The first-order valence-electron chi connectivity index (χ1n) is 9.20. The van der Waals surface area contributed by atoms with Gasteiger partial charge in [-0.25, -0.2) is 9.97 Å². The quantitative estimate of drug-likeness (QED) is 0.822. The number of hydrogen-bond donors (Lipinski definition) is 0. The third-order valence-corrected chi connectivity index (χ3v) is 4.81. The lowest BCUT2D eigenvalue weighted by atomic mass is 10.1. The van der Waals surface area contributed by atoms with E-state index in [0.29, 0.717) is 12.1 Å². The highest BCUT2D eigenvalue weighted by atomic mass is 16.5. The number of hydrogen-bond acceptors (Lipinski definition) is 5. The van der Waals surface area contributed by atoms with Crippen molar-refractivity contribution in [1.29, 1.82) is 0 Å². The second kappa shape index (κ2) is 8.53. The molecule has 1 atom stereocenters. The van der Waals surface area contributed by atoms with Crippen molar-refractivity contribution in [2.24, 2.45) is 0 Å². The zero-order valence-electron chi connectivity index (χ0n) is 14.6. The predicted octanol–water partition coefficient (Wildman–Crippen LogP) is 1.76. The van der Waals surface area contributed by atoms with Gasteiger partial charge < -0.3 is 14.5 Å². The van der Waals surface area contributed by atoms with Crippen molar-refractivity contribution < 1.29 is 9.53 Å². The third kappa shape index (κ3) is 4.30. The molecule has 2 aliphatic rings. The van der Waals surface area contributed by atoms with Crippen LogP contribution in [0.5, 0.6) is 0 Å². The van der Waals surface area contributed by atoms with E-state index >= 15 is 0 Å². The molecule has 1 amide bonds. The third-order valence-electron chi connectivity index (χ3n) is 4.81. The number of carbonyl (C=O) groups excluding carboxylic acids is 1. The number of rotatable bonds is 5. The molecule has 2 aliphatic heterocycles. The fourth-order valence-electron chi connectivity index (χ4n) is 3.58. The van der Waals surface area contributed by atoms with Crippen molar-refractivity contribution >= 4 is 5.91 Å². The van der Waals surface area contributed by atoms with Gasteiger partial charge >= 0.3 is 0 Å². The average molecular weight is 332 g/mol. The van der Waals surface area contributed by atoms with Gasteiger partial charge in [0.1, 0.15) is 6.33 Å². The summed E-state index contributed by atoms with van der Waals surface area (Å²) in [6, 6.07) is 0. The van der Waals surface area contributed by atoms with E-state index in [0.717, 1.165) is 57.7 Å². The molecule has 2 fully saturated rings. The van der Waals surface area contributed by atoms with Crippen LogP contribution in [-0.4, -0.2) is 71.1 Å². The molecule has 0 radical (unpaired) electrons. The van der Waals surface area contributed by atoms with E-state index in [2.05, 4.69) is 21.8 Å². The zero-order chi connectivity index (χ0) is 16.8. The molecule has 6 heteroatoms. The Hall–Kier alpha value is -1.53. The molecule has 2 saturated heterocycles. The summed E-state index contributed by atoms with van der Waals surface area (Å²) in [5.74, 6) is 0.0518. The fourth-order valence-corrected chi connectivity index (χ4v) is 3.58. The number of aryl methyl sites for hydroxylation is 1. The summed E-state index contributed by atoms with van der Waals surface area (Å²) in [7, 11) is 0. The molecular formula is C18H28N4O2. The minimum atomic E-state index is 0.0518. The smallest absolute Gasteiger partial charge is 0.257 e. The first-order chi connectivity index (χ1) is 11.8. The monoisotopic (exact) mass is 332 g/mol. The van der Waals surface area contributed by atoms with E-state index in [1.165, 1.54) is 19.2 Å². The molecule has 24 heavy (non-hydrogen) atoms. The van der Waals surface area contributed by atoms with Gasteiger partial charge in [0.25, 0.3) is 5.91 Å². The Morgan fingerprint density at radius 1 is 1.29 bits per heavy atom. The zero-order valence-corrected chi connectivity index (χ0v) is 14.6. The van der Waals surface area contributed by atoms with Crippen LogP contribution in [-0.2, 0) is 11.2 Å². The highest BCUT2D eigenvalue weighted by Gasteiger charge is 2.27. The van der Waals surface area contributed by atoms with Crippen LogP contribution in [0.4, 0.5) is 0 Å². The van der Waals surface area contributed by atoms with E-state index in [-0.39, 0.29) is 12.0 Å². The summed E-state index contributed by atoms with van der Waals surface area (Å²) < 4.78 is 5.99. The molecule has 1 aromatic rings. The van der Waals surface area contributed by atoms with Gasteiger partial charge in [-0.2, -0.15) is 0 Å². The van der Waals surface area contributed by atoms with Crippen LogP contribution in [0.1, 0.15) is 48.7 Å². The Labute approximate surface area is 144 Å². The van der Waals surface area contributed by atoms with Crippen LogP contribution in [0, 0.1) is 0 Å². The standard InChI is InChI=1S/C18H28N4O2/c1-2-6-17-16(11-19-14-20-17)18(23)22-9-5-10-24-15(13-22)12-21-7-3-4-8-21/h11,14-15H,2-10,12-13H2,1H3/t15-/m0/s1. The van der Waals surface area contributed by atoms with Crippen LogP contribution >= 0.6 is 0 Å². The summed E-state index contributed by atoms with van der Waals surface area (Å²) in [6.07, 6.45) is 8.52. The molecule has 3 rings (SSSR count). The summed E-state index contributed by atoms with van der Waals surface area (Å²) in [5.41, 5.74) is 1.51. The van der Waals surface area contributed by atoms with Gasteiger partial charge in [0.2, 0.25) is 0 Å². The Kier molecular flexibility index (Phi) is 6.15. The Bertz CT molecular complexity index is 546. The van der Waals surface area contributed by atoms with Crippen molar-refractivity contribution in [3.8, 4) is 0 Å². The van der Waals surface area contributed by atoms with Gasteiger partial charge in [-0.15, -0.1) is 0 Å². The van der Waals surface area contributed by atoms with Crippen molar-refractivity contribution in [3.63, 3.8) is 0 Å². The first kappa shape index (κ1) is 17.3. The van der Waals surface area contributed by atoms with Gasteiger partial charge in [-0.05, 0) is 38.8 Å². The van der Waals surface area contributed by atoms with Crippen LogP contribution in [0.2, 0.25) is 0 Å². The van der Waals surface area contributed by atoms with Crippen LogP contribution in [0.25, 0.3) is 0 Å². The molecule has 0 aliphatic carbocycles. The number of nitrogens with zero attached hydrogens (tertiary/aromatic N) is 4. The Morgan fingerprint density at radius 3 is 2.92 bits per heavy atom. The van der Waals surface area contributed by atoms with Crippen LogP contribution in [0.3, 0.4) is 0 Å². The van der Waals surface area contributed by atoms with Crippen molar-refractivity contribution in [3.05, 3.63) is 23.8 Å². The van der Waals surface area contributed by atoms with Gasteiger partial charge in [0, 0.05) is 32.4 Å². The predicted molar refractivity (Wildman–Crippen MR) is 92.0 cm³/mol. The number of carbonyl (C=O) groups is 1. The van der Waals surface area contributed by atoms with Gasteiger partial charge in [0.05, 0.1) is 17.4 Å². The molecule has 0 spiro atoms. The minimum absolute atomic E-state index is 0.0518. The number of amides is 1. The lowest BCUT2D eigenvalue weighted by Gasteiger charge is -2.27. The van der Waals surface area contributed by atoms with E-state index in [4.69, 9.17) is 4.74 Å². The van der Waals surface area contributed by atoms with E-state index < -0.39 is 0 Å². The molecule has 0 unspecified atom stereocenters. The van der Waals surface area contributed by atoms with Crippen molar-refractivity contribution in [2.45, 2.75) is 45.1 Å². The Balaban J connectivity index is 1.68. The molecule has 0 aromatic carbocycles. The first-order valence-corrected chi connectivity index (χ1v) is 9.20. The summed E-state index contributed by atoms with van der Waals surface area (Å²) in [5, 5.41) is 0. The summed E-state index contributed by atoms with van der Waals surface area (Å²) in [6.45, 7) is 7.47. The molecule has 132 valence electrons. The fraction of sp³-hybridized carbons (Fsp3) is 0.722. The second-order valence-electron chi connectivity index (χ2n) is 6.74. The summed E-state index contributed by atoms with van der Waals surface area (Å²) >= 11 is 0. The van der Waals surface area contributed by atoms with E-state index in [1.807, 2.05) is 4.90 Å². The maximum Gasteiger partial charge on any atom is 0.257 e. The van der Waals surface area contributed by atoms with E-state index in [1.54, 1.807) is 6.20 Å². The molecule has 0 saturated carbocycles. The lowest BCUT2D eigenvalue weighted by molar-refractivity contribution is 0.0297. The number of ether oxygens (including phenoxy) is 1. The Morgan fingerprint density at radius 2 is 2.12 bits per heavy atom. The van der Waals surface area contributed by atoms with Gasteiger partial charge in [-0.1, -0.05) is 13.3 Å². The number of aromatic nitrogens is 2. The molecule has 3 heterocycles. The minimum Gasteiger partial charge on any atom is -0.375 e. The van der Waals surface area contributed by atoms with E-state index in [9.17, 15) is 4.79 Å². The molecule has 6 nitrogen and oxygen atoms in total. The maximum atomic E-state index is 13.0. The summed E-state index contributed by atoms with van der Waals surface area (Å²) in [4.78, 5) is 25.8. The molecular weight excluding hydrogens is 304 g/mol. The molecule has 0 bridgehead atoms. The van der Waals surface area contributed by atoms with Crippen molar-refractivity contribution in [1.82, 2.24) is 19.8 Å². The number of likely N-dealkylation sites (tertiary alicyclic amines) is 1. The largest absolute Gasteiger partial charge is 0.375 e. The van der Waals surface area contributed by atoms with Gasteiger partial charge in [0.15, 0.2) is 0 Å². The van der Waals surface area contributed by atoms with Crippen LogP contribution in [0.15, 0.2) is 12.5 Å². The maximum absolute atomic E-state index is 13.0. The van der Waals surface area contributed by atoms with Crippen molar-refractivity contribution in [2.75, 3.05) is 39.3 Å². The highest BCUT2D eigenvalue weighted by Crippen LogP contribution is 2.16. The highest BCUT2D eigenvalue weighted by molar-refractivity contribution is 5.95. The average Bonchev–Trinajstić information content (AvgIpc) is 2.99. The van der Waals surface area contributed by atoms with Gasteiger partial charge in [-0.3, -0.25) is 4.79 Å². The normalized spacial score (nSPS) is 22.5. The molecule has 0 N–H and O–H groups in total. The molecule has 1 aromatic heterocycles. The topological polar surface area (TPSA) is 58.6 Å².